The topological polar surface area (TPSA) is 99.5 Å². The number of carbonyl (C=O) groups excluding carboxylic acids is 1. The van der Waals surface area contributed by atoms with E-state index >= 15 is 0 Å². The molecule has 26 heavy (non-hydrogen) atoms. The van der Waals surface area contributed by atoms with Crippen molar-refractivity contribution in [1.82, 2.24) is 19.9 Å². The Morgan fingerprint density at radius 1 is 1.19 bits per heavy atom. The summed E-state index contributed by atoms with van der Waals surface area (Å²) in [6.07, 6.45) is 6.47. The Labute approximate surface area is 150 Å². The highest BCUT2D eigenvalue weighted by Crippen LogP contribution is 2.44. The van der Waals surface area contributed by atoms with Crippen molar-refractivity contribution in [1.29, 1.82) is 0 Å². The number of aliphatic carboxylic acids is 1. The molecular weight excluding hydrogens is 334 g/mol. The lowest BCUT2D eigenvalue weighted by molar-refractivity contribution is -0.148. The van der Waals surface area contributed by atoms with Crippen LogP contribution in [0.25, 0.3) is 0 Å². The normalized spacial score (nSPS) is 24.6. The second-order valence-corrected chi connectivity index (χ2v) is 6.96. The lowest BCUT2D eigenvalue weighted by Crippen LogP contribution is -2.42. The molecule has 0 bridgehead atoms. The van der Waals surface area contributed by atoms with Gasteiger partial charge in [-0.25, -0.2) is 9.97 Å². The van der Waals surface area contributed by atoms with E-state index in [1.807, 2.05) is 11.8 Å². The van der Waals surface area contributed by atoms with Crippen LogP contribution in [0.5, 0.6) is 0 Å². The van der Waals surface area contributed by atoms with Gasteiger partial charge in [-0.2, -0.15) is 0 Å². The number of amides is 1. The monoisotopic (exact) mass is 353 g/mol. The van der Waals surface area contributed by atoms with E-state index in [1.54, 1.807) is 41.8 Å². The molecule has 4 heterocycles. The Bertz CT molecular complexity index is 859. The van der Waals surface area contributed by atoms with Gasteiger partial charge in [0.05, 0.1) is 5.56 Å². The second-order valence-electron chi connectivity index (χ2n) is 6.96. The van der Waals surface area contributed by atoms with E-state index in [9.17, 15) is 14.7 Å². The molecule has 2 aromatic heterocycles. The zero-order chi connectivity index (χ0) is 18.3. The number of fused-ring (bicyclic) bond motifs is 1. The molecule has 2 saturated heterocycles. The van der Waals surface area contributed by atoms with Gasteiger partial charge in [-0.15, -0.1) is 0 Å². The smallest absolute Gasteiger partial charge is 0.313 e. The lowest BCUT2D eigenvalue weighted by atomic mass is 9.81. The maximum atomic E-state index is 12.9. The number of likely N-dealkylation sites (tertiary alicyclic amines) is 1. The zero-order valence-corrected chi connectivity index (χ0v) is 14.4. The van der Waals surface area contributed by atoms with Crippen LogP contribution in [0.1, 0.15) is 15.9 Å². The number of anilines is 1. The van der Waals surface area contributed by atoms with Gasteiger partial charge in [-0.3, -0.25) is 14.6 Å². The summed E-state index contributed by atoms with van der Waals surface area (Å²) < 4.78 is 0. The summed E-state index contributed by atoms with van der Waals surface area (Å²) in [5.74, 6) is -0.666. The summed E-state index contributed by atoms with van der Waals surface area (Å²) >= 11 is 0. The van der Waals surface area contributed by atoms with Crippen LogP contribution in [0.3, 0.4) is 0 Å². The molecule has 1 amide bonds. The van der Waals surface area contributed by atoms with E-state index in [-0.39, 0.29) is 18.4 Å². The molecule has 134 valence electrons. The number of carboxylic acid groups (broad SMARTS) is 1. The number of carbonyl (C=O) groups is 2. The number of aromatic nitrogens is 3. The van der Waals surface area contributed by atoms with Crippen LogP contribution in [0.2, 0.25) is 0 Å². The van der Waals surface area contributed by atoms with Crippen molar-refractivity contribution in [2.75, 3.05) is 31.1 Å². The van der Waals surface area contributed by atoms with Gasteiger partial charge < -0.3 is 14.9 Å². The van der Waals surface area contributed by atoms with Gasteiger partial charge in [0, 0.05) is 56.9 Å². The summed E-state index contributed by atoms with van der Waals surface area (Å²) in [6, 6.07) is 3.51. The molecule has 4 rings (SSSR count). The van der Waals surface area contributed by atoms with Crippen molar-refractivity contribution in [3.63, 3.8) is 0 Å². The third-order valence-electron chi connectivity index (χ3n) is 5.43. The minimum atomic E-state index is -0.995. The van der Waals surface area contributed by atoms with Crippen molar-refractivity contribution < 1.29 is 14.7 Å². The summed E-state index contributed by atoms with van der Waals surface area (Å²) in [6.45, 7) is 3.26. The highest BCUT2D eigenvalue weighted by Gasteiger charge is 2.59. The predicted octanol–water partition coefficient (Wildman–Crippen LogP) is 0.843. The van der Waals surface area contributed by atoms with Crippen LogP contribution in [-0.2, 0) is 4.79 Å². The van der Waals surface area contributed by atoms with Gasteiger partial charge in [0.25, 0.3) is 5.91 Å². The average molecular weight is 353 g/mol. The fraction of sp³-hybridized carbons (Fsp3) is 0.389. The first-order valence-electron chi connectivity index (χ1n) is 8.46. The number of nitrogens with zero attached hydrogens (tertiary/aromatic N) is 5. The molecule has 0 aromatic carbocycles. The number of hydrogen-bond donors (Lipinski definition) is 1. The van der Waals surface area contributed by atoms with Crippen LogP contribution in [0, 0.1) is 18.3 Å². The van der Waals surface area contributed by atoms with Crippen LogP contribution in [0.15, 0.2) is 36.9 Å². The van der Waals surface area contributed by atoms with Crippen molar-refractivity contribution in [2.45, 2.75) is 6.92 Å². The van der Waals surface area contributed by atoms with E-state index in [0.29, 0.717) is 31.1 Å². The van der Waals surface area contributed by atoms with Crippen LogP contribution in [0.4, 0.5) is 5.95 Å². The van der Waals surface area contributed by atoms with E-state index < -0.39 is 11.4 Å². The first-order valence-corrected chi connectivity index (χ1v) is 8.46. The van der Waals surface area contributed by atoms with Gasteiger partial charge >= 0.3 is 5.97 Å². The molecule has 1 N–H and O–H groups in total. The van der Waals surface area contributed by atoms with Gasteiger partial charge in [0.2, 0.25) is 5.95 Å². The molecule has 8 nitrogen and oxygen atoms in total. The maximum Gasteiger partial charge on any atom is 0.313 e. The van der Waals surface area contributed by atoms with E-state index in [0.717, 1.165) is 5.56 Å². The average Bonchev–Trinajstić information content (AvgIpc) is 3.18. The molecule has 0 unspecified atom stereocenters. The molecule has 0 spiro atoms. The van der Waals surface area contributed by atoms with Gasteiger partial charge in [-0.1, -0.05) is 0 Å². The quantitative estimate of drug-likeness (QED) is 0.873. The van der Waals surface area contributed by atoms with E-state index in [2.05, 4.69) is 15.0 Å². The Kier molecular flexibility index (Phi) is 3.82. The van der Waals surface area contributed by atoms with Crippen molar-refractivity contribution in [3.05, 3.63) is 48.0 Å². The minimum absolute atomic E-state index is 0.159. The molecular formula is C18H19N5O3. The molecule has 2 atom stereocenters. The third-order valence-corrected chi connectivity index (χ3v) is 5.43. The van der Waals surface area contributed by atoms with Crippen LogP contribution < -0.4 is 4.90 Å². The minimum Gasteiger partial charge on any atom is -0.481 e. The van der Waals surface area contributed by atoms with Crippen LogP contribution >= 0.6 is 0 Å². The SMILES string of the molecule is Cc1ccncc1C(=O)N1C[C@H]2CN(c3ncccn3)C[C@@]2(C(=O)O)C1. The molecule has 2 fully saturated rings. The van der Waals surface area contributed by atoms with E-state index in [1.165, 1.54) is 0 Å². The van der Waals surface area contributed by atoms with Gasteiger partial charge in [-0.05, 0) is 24.6 Å². The molecule has 2 aliphatic heterocycles. The largest absolute Gasteiger partial charge is 0.481 e. The highest BCUT2D eigenvalue weighted by atomic mass is 16.4. The fourth-order valence-corrected chi connectivity index (χ4v) is 3.99. The number of aryl methyl sites for hydroxylation is 1. The Morgan fingerprint density at radius 3 is 2.62 bits per heavy atom. The molecule has 8 heteroatoms. The molecule has 0 saturated carbocycles. The molecule has 2 aliphatic rings. The second kappa shape index (κ2) is 6.05. The van der Waals surface area contributed by atoms with E-state index in [4.69, 9.17) is 0 Å². The number of rotatable bonds is 3. The summed E-state index contributed by atoms with van der Waals surface area (Å²) in [7, 11) is 0. The lowest BCUT2D eigenvalue weighted by Gasteiger charge is -2.25. The Morgan fingerprint density at radius 2 is 1.96 bits per heavy atom. The summed E-state index contributed by atoms with van der Waals surface area (Å²) in [5, 5.41) is 9.95. The van der Waals surface area contributed by atoms with Crippen molar-refractivity contribution in [3.8, 4) is 0 Å². The zero-order valence-electron chi connectivity index (χ0n) is 14.4. The maximum absolute atomic E-state index is 12.9. The molecule has 0 aliphatic carbocycles. The first kappa shape index (κ1) is 16.4. The number of pyridine rings is 1. The van der Waals surface area contributed by atoms with Crippen molar-refractivity contribution >= 4 is 17.8 Å². The van der Waals surface area contributed by atoms with Crippen molar-refractivity contribution in [2.24, 2.45) is 11.3 Å². The van der Waals surface area contributed by atoms with Gasteiger partial charge in [0.1, 0.15) is 5.41 Å². The summed E-state index contributed by atoms with van der Waals surface area (Å²) in [5.41, 5.74) is 0.368. The molecule has 0 radical (unpaired) electrons. The Hall–Kier alpha value is -3.03. The highest BCUT2D eigenvalue weighted by molar-refractivity contribution is 5.96. The summed E-state index contributed by atoms with van der Waals surface area (Å²) in [4.78, 5) is 41.0. The van der Waals surface area contributed by atoms with Crippen LogP contribution in [-0.4, -0.2) is 63.0 Å². The number of carboxylic acids is 1. The fourth-order valence-electron chi connectivity index (χ4n) is 3.99. The molecule has 2 aromatic rings. The predicted molar refractivity (Wildman–Crippen MR) is 92.7 cm³/mol. The first-order chi connectivity index (χ1) is 12.5. The number of hydrogen-bond acceptors (Lipinski definition) is 6. The Balaban J connectivity index is 1.59. The van der Waals surface area contributed by atoms with Gasteiger partial charge in [0.15, 0.2) is 0 Å². The third kappa shape index (κ3) is 2.49. The standard InChI is InChI=1S/C18H19N5O3/c1-12-3-6-19-7-14(12)15(24)22-8-13-9-23(17-20-4-2-5-21-17)11-18(13,10-22)16(25)26/h2-7,13H,8-11H2,1H3,(H,25,26)/t13-,18-/m0/s1.